The van der Waals surface area contributed by atoms with Crippen LogP contribution in [0.15, 0.2) is 119 Å². The Bertz CT molecular complexity index is 1980. The Kier molecular flexibility index (Phi) is 9.96. The van der Waals surface area contributed by atoms with Gasteiger partial charge in [-0.05, 0) is 46.5 Å². The number of nitrogens with zero attached hydrogens (tertiary/aromatic N) is 4. The fraction of sp³-hybridized carbons (Fsp3) is 0.256. The lowest BCUT2D eigenvalue weighted by molar-refractivity contribution is 0.104. The van der Waals surface area contributed by atoms with Gasteiger partial charge >= 0.3 is 0 Å². The standard InChI is InChI=1S/C39H40N4O5S2/c44-39-37-29-33(49(45,46)42-25-21-40(22-26-42)19-7-13-31-9-3-1-4-10-31)15-17-35(37)36-18-16-34(30-38(36)39)50(47,48)43-27-23-41(24-28-43)20-8-14-32-11-5-2-6-12-32/h1-18,29-30H,19-28H2. The number of sulfonamides is 2. The van der Waals surface area contributed by atoms with Crippen LogP contribution in [-0.2, 0) is 20.0 Å². The van der Waals surface area contributed by atoms with Crippen LogP contribution >= 0.6 is 0 Å². The van der Waals surface area contributed by atoms with Crippen molar-refractivity contribution in [1.29, 1.82) is 0 Å². The Morgan fingerprint density at radius 3 is 1.24 bits per heavy atom. The quantitative estimate of drug-likeness (QED) is 0.203. The van der Waals surface area contributed by atoms with E-state index in [1.54, 1.807) is 24.3 Å². The first-order chi connectivity index (χ1) is 24.2. The van der Waals surface area contributed by atoms with Gasteiger partial charge in [0.15, 0.2) is 5.78 Å². The largest absolute Gasteiger partial charge is 0.297 e. The highest BCUT2D eigenvalue weighted by atomic mass is 32.2. The summed E-state index contributed by atoms with van der Waals surface area (Å²) in [5, 5.41) is 0. The number of hydrogen-bond donors (Lipinski definition) is 0. The number of carbonyl (C=O) groups is 1. The molecule has 258 valence electrons. The molecule has 0 N–H and O–H groups in total. The van der Waals surface area contributed by atoms with E-state index in [0.717, 1.165) is 24.2 Å². The van der Waals surface area contributed by atoms with Crippen LogP contribution in [0.25, 0.3) is 23.3 Å². The van der Waals surface area contributed by atoms with Crippen LogP contribution in [0.5, 0.6) is 0 Å². The molecule has 1 aliphatic carbocycles. The third-order valence-electron chi connectivity index (χ3n) is 9.65. The Morgan fingerprint density at radius 1 is 0.480 bits per heavy atom. The number of fused-ring (bicyclic) bond motifs is 3. The first-order valence-corrected chi connectivity index (χ1v) is 19.8. The Morgan fingerprint density at radius 2 is 0.860 bits per heavy atom. The van der Waals surface area contributed by atoms with Crippen molar-refractivity contribution in [2.75, 3.05) is 65.4 Å². The highest BCUT2D eigenvalue weighted by Crippen LogP contribution is 2.39. The molecule has 3 aliphatic rings. The molecule has 0 radical (unpaired) electrons. The van der Waals surface area contributed by atoms with Crippen LogP contribution in [-0.4, -0.2) is 106 Å². The summed E-state index contributed by atoms with van der Waals surface area (Å²) in [6.45, 7) is 5.29. The maximum absolute atomic E-state index is 13.7. The van der Waals surface area contributed by atoms with Gasteiger partial charge in [-0.3, -0.25) is 14.6 Å². The van der Waals surface area contributed by atoms with Crippen LogP contribution in [0.1, 0.15) is 27.0 Å². The van der Waals surface area contributed by atoms with E-state index >= 15 is 0 Å². The monoisotopic (exact) mass is 708 g/mol. The van der Waals surface area contributed by atoms with Gasteiger partial charge in [-0.1, -0.05) is 97.1 Å². The Balaban J connectivity index is 0.980. The fourth-order valence-electron chi connectivity index (χ4n) is 6.77. The Hall–Kier alpha value is -4.23. The second-order valence-electron chi connectivity index (χ2n) is 12.8. The number of carbonyl (C=O) groups excluding carboxylic acids is 1. The maximum atomic E-state index is 13.7. The van der Waals surface area contributed by atoms with Crippen LogP contribution in [0.3, 0.4) is 0 Å². The molecule has 0 unspecified atom stereocenters. The third kappa shape index (κ3) is 7.16. The third-order valence-corrected chi connectivity index (χ3v) is 13.4. The Labute approximate surface area is 294 Å². The van der Waals surface area contributed by atoms with E-state index in [9.17, 15) is 21.6 Å². The average molecular weight is 709 g/mol. The van der Waals surface area contributed by atoms with Gasteiger partial charge in [0.05, 0.1) is 9.79 Å². The van der Waals surface area contributed by atoms with Gasteiger partial charge in [-0.15, -0.1) is 0 Å². The van der Waals surface area contributed by atoms with Gasteiger partial charge in [-0.2, -0.15) is 8.61 Å². The summed E-state index contributed by atoms with van der Waals surface area (Å²) >= 11 is 0. The molecule has 9 nitrogen and oxygen atoms in total. The second-order valence-corrected chi connectivity index (χ2v) is 16.7. The average Bonchev–Trinajstić information content (AvgIpc) is 3.43. The molecule has 50 heavy (non-hydrogen) atoms. The van der Waals surface area contributed by atoms with Gasteiger partial charge < -0.3 is 0 Å². The van der Waals surface area contributed by atoms with Crippen LogP contribution in [0, 0.1) is 0 Å². The summed E-state index contributed by atoms with van der Waals surface area (Å²) < 4.78 is 57.6. The van der Waals surface area contributed by atoms with E-state index in [2.05, 4.69) is 34.1 Å². The van der Waals surface area contributed by atoms with Crippen molar-refractivity contribution >= 4 is 38.0 Å². The zero-order chi connectivity index (χ0) is 34.7. The zero-order valence-corrected chi connectivity index (χ0v) is 29.4. The van der Waals surface area contributed by atoms with Gasteiger partial charge in [0.1, 0.15) is 0 Å². The number of ketones is 1. The van der Waals surface area contributed by atoms with Crippen LogP contribution < -0.4 is 0 Å². The molecule has 2 heterocycles. The zero-order valence-electron chi connectivity index (χ0n) is 27.8. The van der Waals surface area contributed by atoms with Gasteiger partial charge in [0, 0.05) is 76.6 Å². The smallest absolute Gasteiger partial charge is 0.243 e. The molecule has 7 rings (SSSR count). The number of piperazine rings is 2. The number of rotatable bonds is 10. The van der Waals surface area contributed by atoms with E-state index in [4.69, 9.17) is 0 Å². The second kappa shape index (κ2) is 14.6. The highest BCUT2D eigenvalue weighted by molar-refractivity contribution is 7.89. The van der Waals surface area contributed by atoms with Gasteiger partial charge in [0.25, 0.3) is 0 Å². The molecule has 4 aromatic rings. The topological polar surface area (TPSA) is 98.3 Å². The van der Waals surface area contributed by atoms with Crippen molar-refractivity contribution in [3.8, 4) is 11.1 Å². The first-order valence-electron chi connectivity index (χ1n) is 16.9. The minimum atomic E-state index is -3.83. The van der Waals surface area contributed by atoms with Crippen molar-refractivity contribution in [3.63, 3.8) is 0 Å². The van der Waals surface area contributed by atoms with Crippen molar-refractivity contribution in [2.24, 2.45) is 0 Å². The summed E-state index contributed by atoms with van der Waals surface area (Å²) in [6, 6.07) is 29.4. The fourth-order valence-corrected chi connectivity index (χ4v) is 9.66. The SMILES string of the molecule is O=C1c2cc(S(=O)(=O)N3CCN(CC=Cc4ccccc4)CC3)ccc2-c2ccc(S(=O)(=O)N3CCN(CC=Cc4ccccc4)CC3)cc21. The summed E-state index contributed by atoms with van der Waals surface area (Å²) in [7, 11) is -7.65. The molecule has 0 atom stereocenters. The van der Waals surface area contributed by atoms with Crippen molar-refractivity contribution in [1.82, 2.24) is 18.4 Å². The van der Waals surface area contributed by atoms with E-state index in [1.807, 2.05) is 60.7 Å². The summed E-state index contributed by atoms with van der Waals surface area (Å²) in [4.78, 5) is 18.2. The predicted octanol–water partition coefficient (Wildman–Crippen LogP) is 4.94. The number of hydrogen-bond acceptors (Lipinski definition) is 7. The molecule has 2 saturated heterocycles. The molecule has 0 saturated carbocycles. The summed E-state index contributed by atoms with van der Waals surface area (Å²) in [5.74, 6) is -0.367. The summed E-state index contributed by atoms with van der Waals surface area (Å²) in [5.41, 5.74) is 4.02. The minimum absolute atomic E-state index is 0.0687. The molecule has 0 bridgehead atoms. The predicted molar refractivity (Wildman–Crippen MR) is 197 cm³/mol. The molecule has 4 aromatic carbocycles. The molecule has 0 amide bonds. The minimum Gasteiger partial charge on any atom is -0.297 e. The highest BCUT2D eigenvalue weighted by Gasteiger charge is 2.35. The molecule has 11 heteroatoms. The van der Waals surface area contributed by atoms with E-state index in [-0.39, 0.29) is 26.7 Å². The normalized spacial score (nSPS) is 18.2. The van der Waals surface area contributed by atoms with Crippen molar-refractivity contribution in [2.45, 2.75) is 9.79 Å². The van der Waals surface area contributed by atoms with Gasteiger partial charge in [0.2, 0.25) is 20.0 Å². The molecule has 2 fully saturated rings. The van der Waals surface area contributed by atoms with E-state index in [1.165, 1.54) is 20.7 Å². The lowest BCUT2D eigenvalue weighted by Gasteiger charge is -2.33. The number of benzene rings is 4. The van der Waals surface area contributed by atoms with Crippen molar-refractivity contribution in [3.05, 3.63) is 131 Å². The molecule has 0 aromatic heterocycles. The summed E-state index contributed by atoms with van der Waals surface area (Å²) in [6.07, 6.45) is 8.31. The van der Waals surface area contributed by atoms with Gasteiger partial charge in [-0.25, -0.2) is 16.8 Å². The molecular weight excluding hydrogens is 669 g/mol. The van der Waals surface area contributed by atoms with E-state index in [0.29, 0.717) is 63.5 Å². The van der Waals surface area contributed by atoms with Crippen molar-refractivity contribution < 1.29 is 21.6 Å². The lowest BCUT2D eigenvalue weighted by atomic mass is 10.1. The maximum Gasteiger partial charge on any atom is 0.243 e. The molecule has 2 aliphatic heterocycles. The van der Waals surface area contributed by atoms with Crippen LogP contribution in [0.2, 0.25) is 0 Å². The first kappa shape index (κ1) is 34.2. The van der Waals surface area contributed by atoms with Crippen LogP contribution in [0.4, 0.5) is 0 Å². The van der Waals surface area contributed by atoms with E-state index < -0.39 is 20.0 Å². The molecular formula is C39H40N4O5S2. The molecule has 0 spiro atoms. The lowest BCUT2D eigenvalue weighted by Crippen LogP contribution is -2.48.